The number of carbonyl (C=O) groups is 1. The number of fused-ring (bicyclic) bond motifs is 1. The number of hydrogen-bond acceptors (Lipinski definition) is 2. The molecule has 0 saturated carbocycles. The van der Waals surface area contributed by atoms with E-state index in [0.29, 0.717) is 0 Å². The van der Waals surface area contributed by atoms with Gasteiger partial charge in [-0.1, -0.05) is 12.1 Å². The summed E-state index contributed by atoms with van der Waals surface area (Å²) in [5.74, 6) is -0.999. The van der Waals surface area contributed by atoms with Gasteiger partial charge in [0.25, 0.3) is 0 Å². The number of rotatable bonds is 4. The minimum absolute atomic E-state index is 0.305. The summed E-state index contributed by atoms with van der Waals surface area (Å²) in [5.41, 5.74) is 3.47. The fourth-order valence-corrected chi connectivity index (χ4v) is 2.75. The van der Waals surface area contributed by atoms with Gasteiger partial charge in [-0.15, -0.1) is 0 Å². The minimum Gasteiger partial charge on any atom is -0.481 e. The molecule has 3 nitrogen and oxygen atoms in total. The zero-order valence-electron chi connectivity index (χ0n) is 10.4. The van der Waals surface area contributed by atoms with E-state index in [1.165, 1.54) is 11.3 Å². The fraction of sp³-hybridized carbons (Fsp3) is 0.500. The Morgan fingerprint density at radius 3 is 2.71 bits per heavy atom. The fourth-order valence-electron chi connectivity index (χ4n) is 2.75. The van der Waals surface area contributed by atoms with E-state index in [4.69, 9.17) is 0 Å². The van der Waals surface area contributed by atoms with Crippen LogP contribution in [0.3, 0.4) is 0 Å². The summed E-state index contributed by atoms with van der Waals surface area (Å²) in [6.45, 7) is 6.19. The first-order valence-electron chi connectivity index (χ1n) is 6.28. The number of aliphatic carboxylic acids is 1. The van der Waals surface area contributed by atoms with E-state index >= 15 is 0 Å². The van der Waals surface area contributed by atoms with E-state index in [9.17, 15) is 9.90 Å². The molecule has 0 fully saturated rings. The molecule has 0 amide bonds. The molecule has 0 heterocycles. The summed E-state index contributed by atoms with van der Waals surface area (Å²) in [4.78, 5) is 13.5. The number of nitrogens with zero attached hydrogens (tertiary/aromatic N) is 1. The lowest BCUT2D eigenvalue weighted by molar-refractivity contribution is -0.138. The molecule has 0 spiro atoms. The predicted octanol–water partition coefficient (Wildman–Crippen LogP) is 2.65. The maximum absolute atomic E-state index is 11.2. The highest BCUT2D eigenvalue weighted by Gasteiger charge is 2.30. The molecule has 0 saturated heterocycles. The van der Waals surface area contributed by atoms with Crippen molar-refractivity contribution in [2.45, 2.75) is 32.6 Å². The Labute approximate surface area is 102 Å². The van der Waals surface area contributed by atoms with Crippen LogP contribution < -0.4 is 4.90 Å². The Morgan fingerprint density at radius 2 is 2.12 bits per heavy atom. The molecule has 1 aliphatic rings. The molecular weight excluding hydrogens is 214 g/mol. The van der Waals surface area contributed by atoms with Crippen LogP contribution in [-0.4, -0.2) is 24.2 Å². The van der Waals surface area contributed by atoms with Crippen LogP contribution in [0.25, 0.3) is 0 Å². The molecule has 0 aliphatic heterocycles. The van der Waals surface area contributed by atoms with Gasteiger partial charge in [0.05, 0.1) is 5.92 Å². The Hall–Kier alpha value is -1.51. The van der Waals surface area contributed by atoms with Crippen molar-refractivity contribution < 1.29 is 9.90 Å². The van der Waals surface area contributed by atoms with E-state index in [-0.39, 0.29) is 5.92 Å². The van der Waals surface area contributed by atoms with Gasteiger partial charge in [0, 0.05) is 18.8 Å². The highest BCUT2D eigenvalue weighted by atomic mass is 16.4. The lowest BCUT2D eigenvalue weighted by Gasteiger charge is -2.24. The number of benzene rings is 1. The molecule has 1 unspecified atom stereocenters. The normalized spacial score (nSPS) is 17.9. The van der Waals surface area contributed by atoms with Crippen LogP contribution in [0, 0.1) is 0 Å². The molecule has 0 bridgehead atoms. The SMILES string of the molecule is CCN(CC)c1cccc2c1CCC2C(=O)O. The zero-order valence-corrected chi connectivity index (χ0v) is 10.4. The van der Waals surface area contributed by atoms with E-state index in [2.05, 4.69) is 24.8 Å². The molecule has 0 aromatic heterocycles. The standard InChI is InChI=1S/C14H19NO2/c1-3-15(4-2)13-7-5-6-10-11(13)8-9-12(10)14(16)17/h5-7,12H,3-4,8-9H2,1-2H3,(H,16,17). The largest absolute Gasteiger partial charge is 0.481 e. The second-order valence-corrected chi connectivity index (χ2v) is 4.45. The van der Waals surface area contributed by atoms with Crippen molar-refractivity contribution in [2.75, 3.05) is 18.0 Å². The van der Waals surface area contributed by atoms with Crippen LogP contribution in [0.5, 0.6) is 0 Å². The van der Waals surface area contributed by atoms with Gasteiger partial charge in [-0.2, -0.15) is 0 Å². The van der Waals surface area contributed by atoms with Crippen LogP contribution in [0.4, 0.5) is 5.69 Å². The van der Waals surface area contributed by atoms with Crippen LogP contribution in [-0.2, 0) is 11.2 Å². The molecule has 1 N–H and O–H groups in total. The maximum atomic E-state index is 11.2. The summed E-state index contributed by atoms with van der Waals surface area (Å²) < 4.78 is 0. The Kier molecular flexibility index (Phi) is 3.36. The monoisotopic (exact) mass is 233 g/mol. The van der Waals surface area contributed by atoms with Crippen molar-refractivity contribution in [1.29, 1.82) is 0 Å². The third-order valence-electron chi connectivity index (χ3n) is 3.65. The van der Waals surface area contributed by atoms with Crippen molar-refractivity contribution in [3.63, 3.8) is 0 Å². The van der Waals surface area contributed by atoms with Crippen LogP contribution in [0.1, 0.15) is 37.3 Å². The molecule has 1 aromatic rings. The van der Waals surface area contributed by atoms with Crippen molar-refractivity contribution in [3.05, 3.63) is 29.3 Å². The lowest BCUT2D eigenvalue weighted by atomic mass is 10.0. The van der Waals surface area contributed by atoms with E-state index < -0.39 is 5.97 Å². The van der Waals surface area contributed by atoms with Crippen molar-refractivity contribution in [1.82, 2.24) is 0 Å². The lowest BCUT2D eigenvalue weighted by Crippen LogP contribution is -2.23. The van der Waals surface area contributed by atoms with Crippen molar-refractivity contribution in [3.8, 4) is 0 Å². The van der Waals surface area contributed by atoms with Crippen LogP contribution in [0.2, 0.25) is 0 Å². The summed E-state index contributed by atoms with van der Waals surface area (Å²) in [6.07, 6.45) is 1.63. The summed E-state index contributed by atoms with van der Waals surface area (Å²) in [7, 11) is 0. The molecule has 92 valence electrons. The summed E-state index contributed by atoms with van der Waals surface area (Å²) in [6, 6.07) is 6.05. The smallest absolute Gasteiger partial charge is 0.310 e. The van der Waals surface area contributed by atoms with Gasteiger partial charge < -0.3 is 10.0 Å². The van der Waals surface area contributed by atoms with Crippen LogP contribution in [0.15, 0.2) is 18.2 Å². The van der Waals surface area contributed by atoms with Gasteiger partial charge in [0.1, 0.15) is 0 Å². The topological polar surface area (TPSA) is 40.5 Å². The third-order valence-corrected chi connectivity index (χ3v) is 3.65. The molecule has 2 rings (SSSR count). The number of hydrogen-bond donors (Lipinski definition) is 1. The molecule has 17 heavy (non-hydrogen) atoms. The average molecular weight is 233 g/mol. The van der Waals surface area contributed by atoms with Crippen LogP contribution >= 0.6 is 0 Å². The molecule has 0 radical (unpaired) electrons. The predicted molar refractivity (Wildman–Crippen MR) is 68.7 cm³/mol. The maximum Gasteiger partial charge on any atom is 0.310 e. The van der Waals surface area contributed by atoms with Gasteiger partial charge in [-0.3, -0.25) is 4.79 Å². The highest BCUT2D eigenvalue weighted by molar-refractivity contribution is 5.79. The number of anilines is 1. The molecule has 1 aliphatic carbocycles. The first-order valence-corrected chi connectivity index (χ1v) is 6.28. The first kappa shape index (κ1) is 12.0. The zero-order chi connectivity index (χ0) is 12.4. The number of carboxylic acids is 1. The number of carboxylic acid groups (broad SMARTS) is 1. The van der Waals surface area contributed by atoms with E-state index in [1.807, 2.05) is 12.1 Å². The average Bonchev–Trinajstić information content (AvgIpc) is 2.75. The van der Waals surface area contributed by atoms with Gasteiger partial charge in [-0.25, -0.2) is 0 Å². The van der Waals surface area contributed by atoms with Crippen molar-refractivity contribution >= 4 is 11.7 Å². The summed E-state index contributed by atoms with van der Waals surface area (Å²) >= 11 is 0. The van der Waals surface area contributed by atoms with E-state index in [0.717, 1.165) is 31.5 Å². The minimum atomic E-state index is -0.694. The van der Waals surface area contributed by atoms with Crippen molar-refractivity contribution in [2.24, 2.45) is 0 Å². The van der Waals surface area contributed by atoms with Gasteiger partial charge in [-0.05, 0) is 43.9 Å². The molecular formula is C14H19NO2. The first-order chi connectivity index (χ1) is 8.19. The molecule has 1 atom stereocenters. The Bertz CT molecular complexity index is 424. The van der Waals surface area contributed by atoms with Gasteiger partial charge in [0.15, 0.2) is 0 Å². The molecule has 1 aromatic carbocycles. The van der Waals surface area contributed by atoms with Gasteiger partial charge in [0.2, 0.25) is 0 Å². The summed E-state index contributed by atoms with van der Waals surface area (Å²) in [5, 5.41) is 9.19. The second-order valence-electron chi connectivity index (χ2n) is 4.45. The Balaban J connectivity index is 2.42. The quantitative estimate of drug-likeness (QED) is 0.869. The Morgan fingerprint density at radius 1 is 1.41 bits per heavy atom. The third kappa shape index (κ3) is 2.02. The molecule has 3 heteroatoms. The second kappa shape index (κ2) is 4.78. The van der Waals surface area contributed by atoms with E-state index in [1.54, 1.807) is 0 Å². The van der Waals surface area contributed by atoms with Gasteiger partial charge >= 0.3 is 5.97 Å². The highest BCUT2D eigenvalue weighted by Crippen LogP contribution is 2.38.